The summed E-state index contributed by atoms with van der Waals surface area (Å²) in [5.41, 5.74) is 4.67. The van der Waals surface area contributed by atoms with Gasteiger partial charge in [0.15, 0.2) is 5.82 Å². The van der Waals surface area contributed by atoms with Crippen LogP contribution >= 0.6 is 11.3 Å². The Labute approximate surface area is 378 Å². The number of rotatable bonds is 13. The van der Waals surface area contributed by atoms with Crippen molar-refractivity contribution in [3.63, 3.8) is 0 Å². The van der Waals surface area contributed by atoms with Gasteiger partial charge in [-0.3, -0.25) is 24.4 Å². The summed E-state index contributed by atoms with van der Waals surface area (Å²) in [4.78, 5) is 56.5. The van der Waals surface area contributed by atoms with E-state index in [9.17, 15) is 22.8 Å². The summed E-state index contributed by atoms with van der Waals surface area (Å²) >= 11 is 1.42. The molecule has 0 radical (unpaired) electrons. The molecule has 64 heavy (non-hydrogen) atoms. The molecule has 8 rings (SSSR count). The quantitative estimate of drug-likeness (QED) is 0.0973. The van der Waals surface area contributed by atoms with Gasteiger partial charge in [-0.25, -0.2) is 27.8 Å². The topological polar surface area (TPSA) is 167 Å². The number of carbonyl (C=O) groups excluding carboxylic acids is 3. The van der Waals surface area contributed by atoms with Gasteiger partial charge in [-0.2, -0.15) is 0 Å². The third-order valence-corrected chi connectivity index (χ3v) is 15.3. The number of nitrogens with zero attached hydrogens (tertiary/aromatic N) is 5. The van der Waals surface area contributed by atoms with Crippen molar-refractivity contribution < 1.29 is 27.2 Å². The van der Waals surface area contributed by atoms with Crippen LogP contribution in [0.2, 0.25) is 0 Å². The molecule has 3 fully saturated rings. The van der Waals surface area contributed by atoms with Crippen LogP contribution in [0.5, 0.6) is 0 Å². The van der Waals surface area contributed by atoms with Crippen LogP contribution in [0.4, 0.5) is 27.4 Å². The van der Waals surface area contributed by atoms with Crippen molar-refractivity contribution in [3.05, 3.63) is 101 Å². The van der Waals surface area contributed by atoms with Gasteiger partial charge >= 0.3 is 0 Å². The molecule has 3 aromatic carbocycles. The largest absolute Gasteiger partial charge is 0.371 e. The number of nitrogens with one attached hydrogen (secondary N) is 3. The second kappa shape index (κ2) is 18.8. The summed E-state index contributed by atoms with van der Waals surface area (Å²) < 4.78 is 43.5. The average molecular weight is 907 g/mol. The third kappa shape index (κ3) is 10.3. The number of thiazole rings is 1. The van der Waals surface area contributed by atoms with E-state index in [-0.39, 0.29) is 52.0 Å². The maximum absolute atomic E-state index is 16.1. The SMILES string of the molecule is CCCS(=O)(=O)Nc1cccc(-c2nc(C(C)(C)C)sc2-c2ccnc(Nc3ccc(C4CCN(C(=O)C[C@@H]5CCN(c6ccc(C7CCC(=O)NC7=O)cc6)C5)CC4)cc3)n2)c1F. The Hall–Kier alpha value is -5.74. The Balaban J connectivity index is 0.861. The predicted molar refractivity (Wildman–Crippen MR) is 250 cm³/mol. The number of carbonyl (C=O) groups is 3. The fourth-order valence-corrected chi connectivity index (χ4v) is 11.0. The van der Waals surface area contributed by atoms with Crippen LogP contribution in [0.15, 0.2) is 79.0 Å². The van der Waals surface area contributed by atoms with E-state index in [0.29, 0.717) is 53.8 Å². The molecule has 3 N–H and O–H groups in total. The molecule has 0 bridgehead atoms. The number of aromatic nitrogens is 3. The molecule has 5 heterocycles. The molecule has 3 amide bonds. The Morgan fingerprint density at radius 2 is 1.66 bits per heavy atom. The third-order valence-electron chi connectivity index (χ3n) is 12.3. The lowest BCUT2D eigenvalue weighted by Crippen LogP contribution is -2.39. The highest BCUT2D eigenvalue weighted by Crippen LogP contribution is 2.42. The molecular weight excluding hydrogens is 852 g/mol. The molecule has 0 spiro atoms. The van der Waals surface area contributed by atoms with Crippen LogP contribution in [-0.2, 0) is 29.8 Å². The first kappa shape index (κ1) is 44.9. The van der Waals surface area contributed by atoms with E-state index in [2.05, 4.69) is 37.4 Å². The summed E-state index contributed by atoms with van der Waals surface area (Å²) in [6, 6.07) is 22.7. The van der Waals surface area contributed by atoms with Gasteiger partial charge in [0.05, 0.1) is 38.6 Å². The first-order valence-electron chi connectivity index (χ1n) is 22.1. The van der Waals surface area contributed by atoms with Crippen molar-refractivity contribution in [2.75, 3.05) is 46.9 Å². The molecule has 5 aromatic rings. The molecule has 3 aliphatic heterocycles. The minimum atomic E-state index is -3.72. The van der Waals surface area contributed by atoms with Crippen molar-refractivity contribution in [1.29, 1.82) is 0 Å². The van der Waals surface area contributed by atoms with E-state index in [0.717, 1.165) is 67.4 Å². The second-order valence-corrected chi connectivity index (χ2v) is 20.9. The lowest BCUT2D eigenvalue weighted by atomic mass is 9.89. The van der Waals surface area contributed by atoms with Gasteiger partial charge in [0.25, 0.3) is 0 Å². The second-order valence-electron chi connectivity index (χ2n) is 18.1. The van der Waals surface area contributed by atoms with Crippen molar-refractivity contribution in [1.82, 2.24) is 25.2 Å². The van der Waals surface area contributed by atoms with Gasteiger partial charge in [0.1, 0.15) is 0 Å². The number of piperidine rings is 2. The van der Waals surface area contributed by atoms with Crippen LogP contribution in [0.1, 0.15) is 101 Å². The number of likely N-dealkylation sites (tertiary alicyclic amines) is 1. The molecule has 16 heteroatoms. The molecule has 1 unspecified atom stereocenters. The fraction of sp³-hybridized carbons (Fsp3) is 0.417. The van der Waals surface area contributed by atoms with Crippen LogP contribution in [-0.4, -0.2) is 77.9 Å². The van der Waals surface area contributed by atoms with Gasteiger partial charge in [0, 0.05) is 67.6 Å². The van der Waals surface area contributed by atoms with E-state index in [1.54, 1.807) is 31.3 Å². The Morgan fingerprint density at radius 1 is 0.922 bits per heavy atom. The van der Waals surface area contributed by atoms with Crippen LogP contribution < -0.4 is 20.3 Å². The van der Waals surface area contributed by atoms with E-state index < -0.39 is 15.8 Å². The molecule has 2 atom stereocenters. The summed E-state index contributed by atoms with van der Waals surface area (Å²) in [7, 11) is -3.72. The number of anilines is 4. The predicted octanol–water partition coefficient (Wildman–Crippen LogP) is 8.74. The molecule has 0 saturated carbocycles. The highest BCUT2D eigenvalue weighted by molar-refractivity contribution is 7.92. The summed E-state index contributed by atoms with van der Waals surface area (Å²) in [5.74, 6) is -0.354. The molecule has 13 nitrogen and oxygen atoms in total. The first-order chi connectivity index (χ1) is 30.6. The van der Waals surface area contributed by atoms with Crippen molar-refractivity contribution in [3.8, 4) is 21.8 Å². The molecule has 336 valence electrons. The van der Waals surface area contributed by atoms with Crippen molar-refractivity contribution >= 4 is 62.1 Å². The minimum Gasteiger partial charge on any atom is -0.371 e. The standard InChI is InChI=1S/C48H55FN8O5S2/c1-5-27-64(61,62)55-38-8-6-7-37(42(38)49)43-44(63-46(54-43)48(2,3)4)39-19-23-50-47(52-39)51-34-13-9-31(10-14-34)32-21-25-56(26-22-32)41(59)28-30-20-24-57(29-30)35-15-11-33(12-16-35)36-17-18-40(58)53-45(36)60/h6-16,19,23,30,32,36,55H,5,17-18,20-22,24-29H2,1-4H3,(H,50,51,52)(H,53,58,60)/t30-,36?/m0/s1. The van der Waals surface area contributed by atoms with Gasteiger partial charge < -0.3 is 15.1 Å². The molecular formula is C48H55FN8O5S2. The fourth-order valence-electron chi connectivity index (χ4n) is 8.79. The zero-order valence-corrected chi connectivity index (χ0v) is 38.3. The summed E-state index contributed by atoms with van der Waals surface area (Å²) in [6.07, 6.45) is 6.21. The number of imide groups is 1. The Kier molecular flexibility index (Phi) is 13.2. The molecule has 0 aliphatic carbocycles. The summed E-state index contributed by atoms with van der Waals surface area (Å²) in [6.45, 7) is 11.0. The number of hydrogen-bond donors (Lipinski definition) is 3. The van der Waals surface area contributed by atoms with Crippen LogP contribution in [0.25, 0.3) is 21.8 Å². The smallest absolute Gasteiger partial charge is 0.234 e. The Bertz CT molecular complexity index is 2620. The molecule has 2 aromatic heterocycles. The van der Waals surface area contributed by atoms with E-state index >= 15 is 4.39 Å². The van der Waals surface area contributed by atoms with E-state index in [1.165, 1.54) is 23.0 Å². The lowest BCUT2D eigenvalue weighted by Gasteiger charge is -2.33. The van der Waals surface area contributed by atoms with Crippen LogP contribution in [0.3, 0.4) is 0 Å². The zero-order valence-electron chi connectivity index (χ0n) is 36.7. The van der Waals surface area contributed by atoms with Crippen molar-refractivity contribution in [2.24, 2.45) is 5.92 Å². The van der Waals surface area contributed by atoms with Gasteiger partial charge in [0.2, 0.25) is 33.7 Å². The van der Waals surface area contributed by atoms with Gasteiger partial charge in [-0.1, -0.05) is 58.0 Å². The van der Waals surface area contributed by atoms with Gasteiger partial charge in [-0.15, -0.1) is 11.3 Å². The highest BCUT2D eigenvalue weighted by Gasteiger charge is 2.32. The van der Waals surface area contributed by atoms with Crippen LogP contribution in [0, 0.1) is 11.7 Å². The number of halogens is 1. The van der Waals surface area contributed by atoms with Crippen molar-refractivity contribution in [2.45, 2.75) is 89.9 Å². The number of hydrogen-bond acceptors (Lipinski definition) is 11. The summed E-state index contributed by atoms with van der Waals surface area (Å²) in [5, 5.41) is 6.54. The Morgan fingerprint density at radius 3 is 2.36 bits per heavy atom. The monoisotopic (exact) mass is 906 g/mol. The minimum absolute atomic E-state index is 0.118. The molecule has 3 saturated heterocycles. The number of amides is 3. The maximum atomic E-state index is 16.1. The normalized spacial score (nSPS) is 18.6. The highest BCUT2D eigenvalue weighted by atomic mass is 32.2. The zero-order chi connectivity index (χ0) is 45.2. The van der Waals surface area contributed by atoms with Gasteiger partial charge in [-0.05, 0) is 97.5 Å². The first-order valence-corrected chi connectivity index (χ1v) is 24.6. The van der Waals surface area contributed by atoms with E-state index in [1.807, 2.05) is 62.1 Å². The lowest BCUT2D eigenvalue weighted by molar-refractivity contribution is -0.135. The number of benzene rings is 3. The molecule has 3 aliphatic rings. The number of sulfonamides is 1. The average Bonchev–Trinajstić information content (AvgIpc) is 3.94. The maximum Gasteiger partial charge on any atom is 0.234 e. The van der Waals surface area contributed by atoms with E-state index in [4.69, 9.17) is 9.97 Å².